The van der Waals surface area contributed by atoms with E-state index in [0.29, 0.717) is 38.7 Å². The number of carbonyl (C=O) groups is 3. The number of pyridine rings is 1. The number of nitrogens with one attached hydrogen (secondary N) is 2. The van der Waals surface area contributed by atoms with Gasteiger partial charge in [0, 0.05) is 28.5 Å². The molecule has 0 fully saturated rings. The summed E-state index contributed by atoms with van der Waals surface area (Å²) in [5, 5.41) is 16.0. The molecular formula is C39H28F3N3O5. The van der Waals surface area contributed by atoms with E-state index in [-0.39, 0.29) is 22.5 Å². The van der Waals surface area contributed by atoms with Crippen molar-refractivity contribution < 1.29 is 37.4 Å². The third kappa shape index (κ3) is 7.16. The summed E-state index contributed by atoms with van der Waals surface area (Å²) >= 11 is 0. The van der Waals surface area contributed by atoms with Crippen LogP contribution in [0.3, 0.4) is 0 Å². The first kappa shape index (κ1) is 33.4. The van der Waals surface area contributed by atoms with E-state index in [1.807, 2.05) is 0 Å². The zero-order valence-corrected chi connectivity index (χ0v) is 26.4. The molecule has 0 aliphatic carbocycles. The van der Waals surface area contributed by atoms with E-state index >= 15 is 0 Å². The summed E-state index contributed by atoms with van der Waals surface area (Å²) in [6, 6.07) is 30.1. The van der Waals surface area contributed by atoms with Gasteiger partial charge in [0.05, 0.1) is 18.2 Å². The van der Waals surface area contributed by atoms with Crippen molar-refractivity contribution in [3.63, 3.8) is 0 Å². The number of methoxy groups -OCH3 is 1. The Hall–Kier alpha value is -6.49. The number of nitrogens with zero attached hydrogens (tertiary/aromatic N) is 1. The van der Waals surface area contributed by atoms with Crippen LogP contribution < -0.4 is 10.6 Å². The largest absolute Gasteiger partial charge is 0.478 e. The third-order valence-corrected chi connectivity index (χ3v) is 8.12. The smallest absolute Gasteiger partial charge is 0.412 e. The van der Waals surface area contributed by atoms with E-state index in [4.69, 9.17) is 4.74 Å². The second-order valence-corrected chi connectivity index (χ2v) is 11.3. The van der Waals surface area contributed by atoms with E-state index in [1.165, 1.54) is 49.7 Å². The fraction of sp³-hybridized carbons (Fsp3) is 0.0769. The maximum absolute atomic E-state index is 14.2. The van der Waals surface area contributed by atoms with Gasteiger partial charge in [-0.25, -0.2) is 9.59 Å². The first-order valence-corrected chi connectivity index (χ1v) is 15.3. The Balaban J connectivity index is 1.14. The van der Waals surface area contributed by atoms with Gasteiger partial charge < -0.3 is 20.5 Å². The van der Waals surface area contributed by atoms with Gasteiger partial charge in [0.25, 0.3) is 5.91 Å². The Labute approximate surface area is 284 Å². The standard InChI is InChI=1S/C39H28F3N3O5/c1-50-38(49)28-14-10-24(11-15-28)23-8-12-27(13-9-23)35(39(40,41)42)44-30-19-16-25(17-20-30)29-18-21-33(43-22-29)36(46)45-32-7-3-5-26-4-2-6-31(34(26)32)37(47)48/h2-22,35,44H,1H3,(H,45,46)(H,47,48). The Kier molecular flexibility index (Phi) is 9.31. The van der Waals surface area contributed by atoms with Crippen LogP contribution in [-0.4, -0.2) is 41.2 Å². The van der Waals surface area contributed by atoms with Crippen LogP contribution in [0.5, 0.6) is 0 Å². The Bertz CT molecular complexity index is 2180. The predicted molar refractivity (Wildman–Crippen MR) is 184 cm³/mol. The fourth-order valence-electron chi connectivity index (χ4n) is 5.57. The van der Waals surface area contributed by atoms with Crippen LogP contribution in [0.1, 0.15) is 42.8 Å². The molecule has 6 aromatic rings. The fourth-order valence-corrected chi connectivity index (χ4v) is 5.57. The molecule has 50 heavy (non-hydrogen) atoms. The van der Waals surface area contributed by atoms with Gasteiger partial charge in [-0.3, -0.25) is 9.78 Å². The second-order valence-electron chi connectivity index (χ2n) is 11.3. The van der Waals surface area contributed by atoms with Gasteiger partial charge in [0.2, 0.25) is 0 Å². The molecule has 1 amide bonds. The molecule has 0 bridgehead atoms. The van der Waals surface area contributed by atoms with Crippen LogP contribution in [0.15, 0.2) is 128 Å². The molecule has 1 unspecified atom stereocenters. The summed E-state index contributed by atoms with van der Waals surface area (Å²) in [4.78, 5) is 40.8. The van der Waals surface area contributed by atoms with Gasteiger partial charge in [-0.1, -0.05) is 78.9 Å². The van der Waals surface area contributed by atoms with Crippen LogP contribution in [0.2, 0.25) is 0 Å². The summed E-state index contributed by atoms with van der Waals surface area (Å²) in [7, 11) is 1.28. The average molecular weight is 676 g/mol. The van der Waals surface area contributed by atoms with Crippen molar-refractivity contribution in [3.05, 3.63) is 150 Å². The molecule has 5 aromatic carbocycles. The minimum absolute atomic E-state index is 0.0252. The molecule has 11 heteroatoms. The lowest BCUT2D eigenvalue weighted by atomic mass is 9.99. The number of carbonyl (C=O) groups excluding carboxylic acids is 2. The highest BCUT2D eigenvalue weighted by molar-refractivity contribution is 6.14. The number of fused-ring (bicyclic) bond motifs is 1. The van der Waals surface area contributed by atoms with Crippen LogP contribution in [0.4, 0.5) is 24.5 Å². The van der Waals surface area contributed by atoms with Gasteiger partial charge in [-0.2, -0.15) is 13.2 Å². The van der Waals surface area contributed by atoms with Gasteiger partial charge in [-0.15, -0.1) is 0 Å². The molecule has 1 heterocycles. The number of esters is 1. The lowest BCUT2D eigenvalue weighted by molar-refractivity contribution is -0.144. The van der Waals surface area contributed by atoms with Crippen LogP contribution >= 0.6 is 0 Å². The van der Waals surface area contributed by atoms with E-state index in [1.54, 1.807) is 84.9 Å². The number of amides is 1. The Morgan fingerprint density at radius 3 is 1.90 bits per heavy atom. The number of hydrogen-bond donors (Lipinski definition) is 3. The first-order chi connectivity index (χ1) is 24.0. The first-order valence-electron chi connectivity index (χ1n) is 15.3. The molecule has 3 N–H and O–H groups in total. The molecule has 0 aliphatic rings. The number of rotatable bonds is 9. The predicted octanol–water partition coefficient (Wildman–Crippen LogP) is 9.02. The summed E-state index contributed by atoms with van der Waals surface area (Å²) in [6.07, 6.45) is -3.11. The lowest BCUT2D eigenvalue weighted by Crippen LogP contribution is -2.27. The zero-order valence-electron chi connectivity index (χ0n) is 26.4. The van der Waals surface area contributed by atoms with Gasteiger partial charge in [-0.05, 0) is 70.1 Å². The van der Waals surface area contributed by atoms with E-state index < -0.39 is 30.1 Å². The number of alkyl halides is 3. The molecule has 0 radical (unpaired) electrons. The zero-order chi connectivity index (χ0) is 35.4. The minimum atomic E-state index is -4.59. The molecule has 0 spiro atoms. The quantitative estimate of drug-likeness (QED) is 0.131. The number of aromatic carboxylic acids is 1. The maximum atomic E-state index is 14.2. The molecule has 6 rings (SSSR count). The van der Waals surface area contributed by atoms with Crippen molar-refractivity contribution in [2.45, 2.75) is 12.2 Å². The van der Waals surface area contributed by atoms with Crippen molar-refractivity contribution in [3.8, 4) is 22.3 Å². The average Bonchev–Trinajstić information content (AvgIpc) is 3.13. The number of aromatic nitrogens is 1. The Morgan fingerprint density at radius 2 is 1.32 bits per heavy atom. The number of ether oxygens (including phenoxy) is 1. The number of carboxylic acid groups (broad SMARTS) is 1. The highest BCUT2D eigenvalue weighted by Crippen LogP contribution is 2.37. The molecule has 0 saturated carbocycles. The van der Waals surface area contributed by atoms with Crippen molar-refractivity contribution in [2.75, 3.05) is 17.7 Å². The summed E-state index contributed by atoms with van der Waals surface area (Å²) in [5.41, 5.74) is 3.85. The summed E-state index contributed by atoms with van der Waals surface area (Å²) in [5.74, 6) is -2.14. The van der Waals surface area contributed by atoms with E-state index in [2.05, 4.69) is 15.6 Å². The Morgan fingerprint density at radius 1 is 0.740 bits per heavy atom. The molecule has 0 aliphatic heterocycles. The van der Waals surface area contributed by atoms with Gasteiger partial charge in [0.15, 0.2) is 0 Å². The number of benzene rings is 5. The van der Waals surface area contributed by atoms with Crippen LogP contribution in [0, 0.1) is 0 Å². The minimum Gasteiger partial charge on any atom is -0.478 e. The SMILES string of the molecule is COC(=O)c1ccc(-c2ccc(C(Nc3ccc(-c4ccc(C(=O)Nc5cccc6cccc(C(=O)O)c56)nc4)cc3)C(F)(F)F)cc2)cc1. The molecule has 8 nitrogen and oxygen atoms in total. The van der Waals surface area contributed by atoms with E-state index in [9.17, 15) is 32.7 Å². The van der Waals surface area contributed by atoms with Gasteiger partial charge >= 0.3 is 18.1 Å². The number of carboxylic acids is 1. The molecule has 250 valence electrons. The van der Waals surface area contributed by atoms with Crippen molar-refractivity contribution in [1.82, 2.24) is 4.98 Å². The normalized spacial score (nSPS) is 11.8. The topological polar surface area (TPSA) is 118 Å². The molecule has 1 atom stereocenters. The van der Waals surface area contributed by atoms with Crippen LogP contribution in [0.25, 0.3) is 33.0 Å². The summed E-state index contributed by atoms with van der Waals surface area (Å²) in [6.45, 7) is 0. The number of halogens is 3. The third-order valence-electron chi connectivity index (χ3n) is 8.12. The summed E-state index contributed by atoms with van der Waals surface area (Å²) < 4.78 is 47.3. The highest BCUT2D eigenvalue weighted by Gasteiger charge is 2.41. The molecule has 1 aromatic heterocycles. The molecular weight excluding hydrogens is 647 g/mol. The van der Waals surface area contributed by atoms with Crippen molar-refractivity contribution >= 4 is 40.0 Å². The lowest BCUT2D eigenvalue weighted by Gasteiger charge is -2.23. The molecule has 0 saturated heterocycles. The van der Waals surface area contributed by atoms with Gasteiger partial charge in [0.1, 0.15) is 11.7 Å². The number of anilines is 2. The maximum Gasteiger partial charge on any atom is 0.412 e. The van der Waals surface area contributed by atoms with Crippen molar-refractivity contribution in [1.29, 1.82) is 0 Å². The van der Waals surface area contributed by atoms with E-state index in [0.717, 1.165) is 5.56 Å². The second kappa shape index (κ2) is 13.9. The van der Waals surface area contributed by atoms with Crippen molar-refractivity contribution in [2.24, 2.45) is 0 Å². The number of hydrogen-bond acceptors (Lipinski definition) is 6. The van der Waals surface area contributed by atoms with Crippen LogP contribution in [-0.2, 0) is 4.74 Å². The highest BCUT2D eigenvalue weighted by atomic mass is 19.4. The monoisotopic (exact) mass is 675 g/mol.